The largest absolute Gasteiger partial charge is 0.300 e. The van der Waals surface area contributed by atoms with E-state index in [4.69, 9.17) is 0 Å². The van der Waals surface area contributed by atoms with Gasteiger partial charge in [-0.2, -0.15) is 0 Å². The fourth-order valence-electron chi connectivity index (χ4n) is 4.83. The Bertz CT molecular complexity index is 531. The van der Waals surface area contributed by atoms with Gasteiger partial charge >= 0.3 is 0 Å². The van der Waals surface area contributed by atoms with Crippen LogP contribution in [0, 0.1) is 0 Å². The number of Topliss-reactive ketones (excluding diaryl/α,β-unsaturated/α-hetero) is 2. The van der Waals surface area contributed by atoms with E-state index in [9.17, 15) is 9.59 Å². The van der Waals surface area contributed by atoms with Crippen molar-refractivity contribution in [2.24, 2.45) is 0 Å². The monoisotopic (exact) mass is 472 g/mol. The normalized spacial score (nSPS) is 24.4. The van der Waals surface area contributed by atoms with Crippen molar-refractivity contribution in [1.29, 1.82) is 0 Å². The van der Waals surface area contributed by atoms with E-state index in [1.54, 1.807) is 0 Å². The number of hydrogen-bond acceptors (Lipinski definition) is 2. The van der Waals surface area contributed by atoms with Gasteiger partial charge in [-0.25, -0.2) is 0 Å². The van der Waals surface area contributed by atoms with Gasteiger partial charge in [0, 0.05) is 25.7 Å². The summed E-state index contributed by atoms with van der Waals surface area (Å²) in [6.07, 6.45) is 40.2. The second kappa shape index (κ2) is 24.9. The molecule has 0 spiro atoms. The number of carbonyl (C=O) groups is 2. The Balaban J connectivity index is 0.000000340. The molecule has 196 valence electrons. The van der Waals surface area contributed by atoms with Crippen molar-refractivity contribution in [3.8, 4) is 0 Å². The van der Waals surface area contributed by atoms with E-state index in [0.29, 0.717) is 11.6 Å². The van der Waals surface area contributed by atoms with Crippen LogP contribution in [0.4, 0.5) is 0 Å². The zero-order valence-electron chi connectivity index (χ0n) is 22.5. The maximum atomic E-state index is 11.6. The molecule has 0 aromatic rings. The van der Waals surface area contributed by atoms with Crippen molar-refractivity contribution in [2.75, 3.05) is 0 Å². The third kappa shape index (κ3) is 22.6. The molecule has 0 aromatic carbocycles. The van der Waals surface area contributed by atoms with Crippen molar-refractivity contribution < 1.29 is 9.59 Å². The van der Waals surface area contributed by atoms with E-state index in [1.807, 2.05) is 0 Å². The van der Waals surface area contributed by atoms with Crippen molar-refractivity contribution in [2.45, 2.75) is 167 Å². The quantitative estimate of drug-likeness (QED) is 0.328. The predicted octanol–water partition coefficient (Wildman–Crippen LogP) is 10.4. The number of rotatable bonds is 0. The Morgan fingerprint density at radius 1 is 0.294 bits per heavy atom. The van der Waals surface area contributed by atoms with Crippen molar-refractivity contribution in [3.63, 3.8) is 0 Å². The van der Waals surface area contributed by atoms with Gasteiger partial charge in [-0.05, 0) is 77.0 Å². The van der Waals surface area contributed by atoms with Crippen LogP contribution in [-0.2, 0) is 9.59 Å². The highest BCUT2D eigenvalue weighted by atomic mass is 16.1. The predicted molar refractivity (Wildman–Crippen MR) is 148 cm³/mol. The van der Waals surface area contributed by atoms with Crippen LogP contribution in [0.15, 0.2) is 24.3 Å². The molecule has 2 heteroatoms. The average Bonchev–Trinajstić information content (AvgIpc) is 2.83. The Labute approximate surface area is 212 Å². The first-order valence-electron chi connectivity index (χ1n) is 15.1. The van der Waals surface area contributed by atoms with Gasteiger partial charge in [0.1, 0.15) is 11.6 Å². The van der Waals surface area contributed by atoms with Crippen LogP contribution in [0.3, 0.4) is 0 Å². The van der Waals surface area contributed by atoms with Crippen LogP contribution in [0.2, 0.25) is 0 Å². The molecule has 0 amide bonds. The van der Waals surface area contributed by atoms with Gasteiger partial charge in [0.05, 0.1) is 0 Å². The summed E-state index contributed by atoms with van der Waals surface area (Å²) in [5.41, 5.74) is 0. The summed E-state index contributed by atoms with van der Waals surface area (Å²) in [5.74, 6) is 0.990. The van der Waals surface area contributed by atoms with Crippen LogP contribution in [0.5, 0.6) is 0 Å². The van der Waals surface area contributed by atoms with Gasteiger partial charge in [-0.3, -0.25) is 9.59 Å². The zero-order valence-corrected chi connectivity index (χ0v) is 22.5. The molecule has 2 aliphatic carbocycles. The molecule has 0 unspecified atom stereocenters. The summed E-state index contributed by atoms with van der Waals surface area (Å²) in [6.45, 7) is 0. The van der Waals surface area contributed by atoms with E-state index in [1.165, 1.54) is 116 Å². The highest BCUT2D eigenvalue weighted by molar-refractivity contribution is 5.78. The van der Waals surface area contributed by atoms with Crippen LogP contribution < -0.4 is 0 Å². The molecule has 0 aliphatic heterocycles. The second-order valence-electron chi connectivity index (χ2n) is 10.5. The average molecular weight is 473 g/mol. The molecule has 0 saturated heterocycles. The highest BCUT2D eigenvalue weighted by Crippen LogP contribution is 2.14. The summed E-state index contributed by atoms with van der Waals surface area (Å²) in [7, 11) is 0. The number of hydrogen-bond donors (Lipinski definition) is 0. The van der Waals surface area contributed by atoms with Crippen LogP contribution in [0.25, 0.3) is 0 Å². The van der Waals surface area contributed by atoms with E-state index in [-0.39, 0.29) is 0 Å². The van der Waals surface area contributed by atoms with Gasteiger partial charge in [-0.1, -0.05) is 88.5 Å². The van der Waals surface area contributed by atoms with Crippen molar-refractivity contribution >= 4 is 11.6 Å². The van der Waals surface area contributed by atoms with Crippen LogP contribution in [-0.4, -0.2) is 11.6 Å². The third-order valence-electron chi connectivity index (χ3n) is 7.14. The number of carbonyl (C=O) groups excluding carboxylic acids is 2. The molecule has 0 radical (unpaired) electrons. The molecule has 0 heterocycles. The standard InChI is InChI=1S/2C16H28O/c2*17-16-14-12-10-8-6-4-2-1-3-5-7-9-11-13-15-16/h2,4H,1,3,5-15H2;1-2H,3-15H2/b4-2+;2-1-. The first-order chi connectivity index (χ1) is 16.8. The van der Waals surface area contributed by atoms with Gasteiger partial charge < -0.3 is 0 Å². The summed E-state index contributed by atoms with van der Waals surface area (Å²) >= 11 is 0. The number of ketones is 2. The first-order valence-corrected chi connectivity index (χ1v) is 15.1. The lowest BCUT2D eigenvalue weighted by Gasteiger charge is -2.03. The maximum absolute atomic E-state index is 11.6. The number of allylic oxidation sites excluding steroid dienone is 4. The molecule has 34 heavy (non-hydrogen) atoms. The Morgan fingerprint density at radius 3 is 0.794 bits per heavy atom. The topological polar surface area (TPSA) is 34.1 Å². The minimum Gasteiger partial charge on any atom is -0.300 e. The van der Waals surface area contributed by atoms with E-state index in [2.05, 4.69) is 24.3 Å². The van der Waals surface area contributed by atoms with Gasteiger partial charge in [0.15, 0.2) is 0 Å². The molecular formula is C32H56O2. The molecule has 0 N–H and O–H groups in total. The lowest BCUT2D eigenvalue weighted by atomic mass is 10.0. The Kier molecular flexibility index (Phi) is 22.6. The fraction of sp³-hybridized carbons (Fsp3) is 0.812. The van der Waals surface area contributed by atoms with Crippen LogP contribution in [0.1, 0.15) is 167 Å². The van der Waals surface area contributed by atoms with Gasteiger partial charge in [-0.15, -0.1) is 0 Å². The summed E-state index contributed by atoms with van der Waals surface area (Å²) in [6, 6.07) is 0. The van der Waals surface area contributed by atoms with E-state index in [0.717, 1.165) is 51.4 Å². The third-order valence-corrected chi connectivity index (χ3v) is 7.14. The lowest BCUT2D eigenvalue weighted by Crippen LogP contribution is -1.97. The fourth-order valence-corrected chi connectivity index (χ4v) is 4.83. The Hall–Kier alpha value is -1.18. The van der Waals surface area contributed by atoms with Crippen molar-refractivity contribution in [3.05, 3.63) is 24.3 Å². The van der Waals surface area contributed by atoms with Gasteiger partial charge in [0.2, 0.25) is 0 Å². The van der Waals surface area contributed by atoms with Gasteiger partial charge in [0.25, 0.3) is 0 Å². The SMILES string of the molecule is O=C1CCCCC/C=C/CCCCCCCC1.O=C1CCCCCC/C=C\CCCCCCC1. The molecular weight excluding hydrogens is 416 g/mol. The smallest absolute Gasteiger partial charge is 0.132 e. The van der Waals surface area contributed by atoms with E-state index >= 15 is 0 Å². The first kappa shape index (κ1) is 30.9. The highest BCUT2D eigenvalue weighted by Gasteiger charge is 2.03. The zero-order chi connectivity index (χ0) is 24.4. The molecule has 0 fully saturated rings. The minimum atomic E-state index is 0.493. The van der Waals surface area contributed by atoms with Crippen molar-refractivity contribution in [1.82, 2.24) is 0 Å². The summed E-state index contributed by atoms with van der Waals surface area (Å²) < 4.78 is 0. The molecule has 0 atom stereocenters. The molecule has 2 nitrogen and oxygen atoms in total. The van der Waals surface area contributed by atoms with E-state index < -0.39 is 0 Å². The molecule has 2 rings (SSSR count). The summed E-state index contributed by atoms with van der Waals surface area (Å²) in [4.78, 5) is 23.1. The maximum Gasteiger partial charge on any atom is 0.132 e. The second-order valence-corrected chi connectivity index (χ2v) is 10.5. The molecule has 2 aliphatic rings. The Morgan fingerprint density at radius 2 is 0.500 bits per heavy atom. The minimum absolute atomic E-state index is 0.493. The molecule has 0 saturated carbocycles. The molecule has 0 aromatic heterocycles. The van der Waals surface area contributed by atoms with Crippen LogP contribution >= 0.6 is 0 Å². The molecule has 0 bridgehead atoms. The summed E-state index contributed by atoms with van der Waals surface area (Å²) in [5, 5.41) is 0. The lowest BCUT2D eigenvalue weighted by molar-refractivity contribution is -0.120.